The fourth-order valence-electron chi connectivity index (χ4n) is 2.76. The number of benzene rings is 1. The molecule has 2 N–H and O–H groups in total. The van der Waals surface area contributed by atoms with E-state index in [2.05, 4.69) is 0 Å². The van der Waals surface area contributed by atoms with E-state index in [9.17, 15) is 12.8 Å². The van der Waals surface area contributed by atoms with Crippen LogP contribution in [0.15, 0.2) is 23.1 Å². The monoisotopic (exact) mass is 300 g/mol. The third-order valence-corrected chi connectivity index (χ3v) is 5.84. The van der Waals surface area contributed by atoms with Crippen LogP contribution in [0, 0.1) is 18.7 Å². The van der Waals surface area contributed by atoms with Crippen LogP contribution in [0.25, 0.3) is 0 Å². The first kappa shape index (κ1) is 15.4. The predicted octanol–water partition coefficient (Wildman–Crippen LogP) is 1.88. The molecule has 20 heavy (non-hydrogen) atoms. The van der Waals surface area contributed by atoms with Gasteiger partial charge in [0.25, 0.3) is 0 Å². The van der Waals surface area contributed by atoms with Crippen molar-refractivity contribution in [1.82, 2.24) is 4.31 Å². The summed E-state index contributed by atoms with van der Waals surface area (Å²) in [6.45, 7) is 3.24. The van der Waals surface area contributed by atoms with Crippen molar-refractivity contribution in [3.63, 3.8) is 0 Å². The molecule has 1 aliphatic heterocycles. The first-order valence-electron chi connectivity index (χ1n) is 6.91. The fourth-order valence-corrected chi connectivity index (χ4v) is 4.52. The second kappa shape index (κ2) is 6.20. The highest BCUT2D eigenvalue weighted by molar-refractivity contribution is 7.89. The highest BCUT2D eigenvalue weighted by Crippen LogP contribution is 2.27. The molecule has 2 rings (SSSR count). The van der Waals surface area contributed by atoms with E-state index in [4.69, 9.17) is 5.73 Å². The maximum absolute atomic E-state index is 13.1. The highest BCUT2D eigenvalue weighted by Gasteiger charge is 2.30. The van der Waals surface area contributed by atoms with Crippen molar-refractivity contribution in [1.29, 1.82) is 0 Å². The summed E-state index contributed by atoms with van der Waals surface area (Å²) in [5.41, 5.74) is 6.01. The van der Waals surface area contributed by atoms with E-state index in [1.807, 2.05) is 0 Å². The first-order chi connectivity index (χ1) is 9.45. The average Bonchev–Trinajstić information content (AvgIpc) is 2.39. The van der Waals surface area contributed by atoms with Gasteiger partial charge in [-0.1, -0.05) is 0 Å². The average molecular weight is 300 g/mol. The van der Waals surface area contributed by atoms with Gasteiger partial charge in [-0.05, 0) is 62.4 Å². The number of aryl methyl sites for hydroxylation is 1. The van der Waals surface area contributed by atoms with Crippen LogP contribution >= 0.6 is 0 Å². The van der Waals surface area contributed by atoms with E-state index in [1.54, 1.807) is 6.92 Å². The van der Waals surface area contributed by atoms with Crippen LogP contribution in [0.1, 0.15) is 24.8 Å². The number of hydrogen-bond donors (Lipinski definition) is 1. The molecule has 1 saturated heterocycles. The number of rotatable bonds is 4. The zero-order valence-corrected chi connectivity index (χ0v) is 12.5. The van der Waals surface area contributed by atoms with Gasteiger partial charge in [0.05, 0.1) is 4.90 Å². The van der Waals surface area contributed by atoms with E-state index in [0.717, 1.165) is 19.3 Å². The summed E-state index contributed by atoms with van der Waals surface area (Å²) in [7, 11) is -3.53. The zero-order valence-electron chi connectivity index (χ0n) is 11.7. The molecule has 0 spiro atoms. The molecule has 0 aromatic heterocycles. The van der Waals surface area contributed by atoms with Gasteiger partial charge in [0.15, 0.2) is 0 Å². The molecule has 1 aliphatic rings. The van der Waals surface area contributed by atoms with Crippen molar-refractivity contribution in [2.24, 2.45) is 11.7 Å². The molecule has 1 heterocycles. The first-order valence-corrected chi connectivity index (χ1v) is 8.35. The molecule has 0 amide bonds. The van der Waals surface area contributed by atoms with Crippen LogP contribution in [0.3, 0.4) is 0 Å². The van der Waals surface area contributed by atoms with E-state index >= 15 is 0 Å². The van der Waals surface area contributed by atoms with Crippen molar-refractivity contribution in [3.05, 3.63) is 29.6 Å². The standard InChI is InChI=1S/C14H21FN2O2S/c1-11-9-13(15)4-5-14(11)20(18,19)17-8-2-3-12(10-17)6-7-16/h4-5,9,12H,2-3,6-8,10,16H2,1H3. The Morgan fingerprint density at radius 2 is 2.20 bits per heavy atom. The topological polar surface area (TPSA) is 63.4 Å². The summed E-state index contributed by atoms with van der Waals surface area (Å²) in [5.74, 6) is -0.0922. The van der Waals surface area contributed by atoms with Crippen molar-refractivity contribution < 1.29 is 12.8 Å². The Kier molecular flexibility index (Phi) is 4.78. The van der Waals surface area contributed by atoms with Gasteiger partial charge in [0.2, 0.25) is 10.0 Å². The molecular formula is C14H21FN2O2S. The summed E-state index contributed by atoms with van der Waals surface area (Å²) in [5, 5.41) is 0. The van der Waals surface area contributed by atoms with Gasteiger partial charge in [-0.15, -0.1) is 0 Å². The summed E-state index contributed by atoms with van der Waals surface area (Å²) in [6.07, 6.45) is 2.71. The van der Waals surface area contributed by atoms with E-state index < -0.39 is 15.8 Å². The quantitative estimate of drug-likeness (QED) is 0.923. The van der Waals surface area contributed by atoms with Crippen molar-refractivity contribution in [2.45, 2.75) is 31.1 Å². The minimum Gasteiger partial charge on any atom is -0.330 e. The van der Waals surface area contributed by atoms with Crippen molar-refractivity contribution in [2.75, 3.05) is 19.6 Å². The molecule has 0 bridgehead atoms. The lowest BCUT2D eigenvalue weighted by atomic mass is 9.96. The Morgan fingerprint density at radius 3 is 2.85 bits per heavy atom. The summed E-state index contributed by atoms with van der Waals surface area (Å²) in [6, 6.07) is 3.81. The van der Waals surface area contributed by atoms with Crippen LogP contribution in [0.5, 0.6) is 0 Å². The second-order valence-electron chi connectivity index (χ2n) is 5.36. The second-order valence-corrected chi connectivity index (χ2v) is 7.26. The number of hydrogen-bond acceptors (Lipinski definition) is 3. The number of nitrogens with two attached hydrogens (primary N) is 1. The highest BCUT2D eigenvalue weighted by atomic mass is 32.2. The number of halogens is 1. The largest absolute Gasteiger partial charge is 0.330 e. The van der Waals surface area contributed by atoms with Crippen LogP contribution < -0.4 is 5.73 Å². The van der Waals surface area contributed by atoms with Crippen molar-refractivity contribution >= 4 is 10.0 Å². The van der Waals surface area contributed by atoms with Gasteiger partial charge >= 0.3 is 0 Å². The van der Waals surface area contributed by atoms with Gasteiger partial charge in [-0.2, -0.15) is 4.31 Å². The molecular weight excluding hydrogens is 279 g/mol. The van der Waals surface area contributed by atoms with Crippen molar-refractivity contribution in [3.8, 4) is 0 Å². The minimum atomic E-state index is -3.53. The van der Waals surface area contributed by atoms with E-state index in [0.29, 0.717) is 31.1 Å². The molecule has 1 aromatic carbocycles. The lowest BCUT2D eigenvalue weighted by molar-refractivity contribution is 0.258. The van der Waals surface area contributed by atoms with Crippen LogP contribution in [-0.4, -0.2) is 32.4 Å². The lowest BCUT2D eigenvalue weighted by Crippen LogP contribution is -2.40. The Labute approximate surface area is 119 Å². The number of nitrogens with zero attached hydrogens (tertiary/aromatic N) is 1. The van der Waals surface area contributed by atoms with E-state index in [1.165, 1.54) is 22.5 Å². The Bertz CT molecular complexity index is 573. The zero-order chi connectivity index (χ0) is 14.8. The van der Waals surface area contributed by atoms with Gasteiger partial charge in [0.1, 0.15) is 5.82 Å². The van der Waals surface area contributed by atoms with Gasteiger partial charge in [-0.25, -0.2) is 12.8 Å². The molecule has 6 heteroatoms. The maximum Gasteiger partial charge on any atom is 0.243 e. The van der Waals surface area contributed by atoms with Crippen LogP contribution in [0.4, 0.5) is 4.39 Å². The Morgan fingerprint density at radius 1 is 1.45 bits per heavy atom. The molecule has 1 aromatic rings. The van der Waals surface area contributed by atoms with Gasteiger partial charge in [-0.3, -0.25) is 0 Å². The molecule has 0 aliphatic carbocycles. The normalized spacial score (nSPS) is 21.1. The fraction of sp³-hybridized carbons (Fsp3) is 0.571. The number of sulfonamides is 1. The Hall–Kier alpha value is -0.980. The summed E-state index contributed by atoms with van der Waals surface area (Å²) >= 11 is 0. The molecule has 0 saturated carbocycles. The van der Waals surface area contributed by atoms with E-state index in [-0.39, 0.29) is 4.90 Å². The molecule has 0 radical (unpaired) electrons. The lowest BCUT2D eigenvalue weighted by Gasteiger charge is -2.32. The summed E-state index contributed by atoms with van der Waals surface area (Å²) in [4.78, 5) is 0.201. The molecule has 112 valence electrons. The molecule has 1 fully saturated rings. The smallest absolute Gasteiger partial charge is 0.243 e. The van der Waals surface area contributed by atoms with Crippen LogP contribution in [0.2, 0.25) is 0 Å². The maximum atomic E-state index is 13.1. The third kappa shape index (κ3) is 3.19. The molecule has 1 atom stereocenters. The Balaban J connectivity index is 2.25. The number of piperidine rings is 1. The third-order valence-electron chi connectivity index (χ3n) is 3.81. The molecule has 1 unspecified atom stereocenters. The van der Waals surface area contributed by atoms with Crippen LogP contribution in [-0.2, 0) is 10.0 Å². The minimum absolute atomic E-state index is 0.201. The SMILES string of the molecule is Cc1cc(F)ccc1S(=O)(=O)N1CCCC(CCN)C1. The predicted molar refractivity (Wildman–Crippen MR) is 76.3 cm³/mol. The summed E-state index contributed by atoms with van der Waals surface area (Å²) < 4.78 is 39.9. The van der Waals surface area contributed by atoms with Gasteiger partial charge in [0, 0.05) is 13.1 Å². The molecule has 4 nitrogen and oxygen atoms in total. The van der Waals surface area contributed by atoms with Gasteiger partial charge < -0.3 is 5.73 Å².